The van der Waals surface area contributed by atoms with Gasteiger partial charge in [0.25, 0.3) is 5.56 Å². The van der Waals surface area contributed by atoms with Crippen molar-refractivity contribution < 1.29 is 14.3 Å². The largest absolute Gasteiger partial charge is 0.461 e. The van der Waals surface area contributed by atoms with Crippen molar-refractivity contribution in [1.29, 1.82) is 0 Å². The van der Waals surface area contributed by atoms with E-state index in [-0.39, 0.29) is 29.4 Å². The lowest BCUT2D eigenvalue weighted by atomic mass is 9.94. The first-order valence-electron chi connectivity index (χ1n) is 10.0. The molecule has 0 amide bonds. The van der Waals surface area contributed by atoms with E-state index in [1.807, 2.05) is 44.2 Å². The molecule has 9 heteroatoms. The lowest BCUT2D eigenvalue weighted by Gasteiger charge is -2.29. The number of hydrazone groups is 1. The number of ether oxygens (including phenoxy) is 2. The predicted molar refractivity (Wildman–Crippen MR) is 121 cm³/mol. The molecule has 1 aliphatic heterocycles. The van der Waals surface area contributed by atoms with Gasteiger partial charge in [-0.05, 0) is 45.4 Å². The van der Waals surface area contributed by atoms with Crippen LogP contribution < -0.4 is 11.0 Å². The highest BCUT2D eigenvalue weighted by Gasteiger charge is 2.31. The Bertz CT molecular complexity index is 1230. The Hall–Kier alpha value is -3.04. The van der Waals surface area contributed by atoms with Crippen molar-refractivity contribution in [3.63, 3.8) is 0 Å². The fraction of sp³-hybridized carbons (Fsp3) is 0.364. The summed E-state index contributed by atoms with van der Waals surface area (Å²) in [4.78, 5) is 31.9. The normalized spacial score (nSPS) is 15.5. The molecule has 1 aliphatic rings. The number of anilines is 1. The highest BCUT2D eigenvalue weighted by atomic mass is 32.1. The molecular formula is C22H24N4O4S. The van der Waals surface area contributed by atoms with Crippen LogP contribution in [0.15, 0.2) is 40.2 Å². The number of rotatable bonds is 5. The second kappa shape index (κ2) is 8.24. The van der Waals surface area contributed by atoms with Gasteiger partial charge in [0.05, 0.1) is 29.9 Å². The standard InChI is InChI=1S/C22H24N4O4S/c1-5-29-20(28)13(2)24-25-21-23-18-17(15-11-22(3,4)30-12-16(15)31-18)19(27)26(21)14-9-7-6-8-10-14/h6-10H,5,11-12H2,1-4H3,(H,23,25)/b24-13+. The summed E-state index contributed by atoms with van der Waals surface area (Å²) in [6, 6.07) is 9.23. The Labute approximate surface area is 183 Å². The van der Waals surface area contributed by atoms with E-state index in [1.165, 1.54) is 22.8 Å². The van der Waals surface area contributed by atoms with Crippen molar-refractivity contribution in [1.82, 2.24) is 9.55 Å². The number of benzene rings is 1. The molecule has 0 aliphatic carbocycles. The first-order chi connectivity index (χ1) is 14.8. The topological polar surface area (TPSA) is 94.8 Å². The van der Waals surface area contributed by atoms with Crippen LogP contribution >= 0.6 is 11.3 Å². The van der Waals surface area contributed by atoms with Gasteiger partial charge >= 0.3 is 5.97 Å². The van der Waals surface area contributed by atoms with Crippen LogP contribution in [-0.2, 0) is 27.3 Å². The highest BCUT2D eigenvalue weighted by Crippen LogP contribution is 2.37. The zero-order valence-electron chi connectivity index (χ0n) is 17.9. The molecule has 1 N–H and O–H groups in total. The third kappa shape index (κ3) is 4.11. The number of carbonyl (C=O) groups is 1. The van der Waals surface area contributed by atoms with Gasteiger partial charge in [-0.2, -0.15) is 5.10 Å². The summed E-state index contributed by atoms with van der Waals surface area (Å²) in [5.74, 6) is -0.304. The molecule has 0 saturated heterocycles. The maximum absolute atomic E-state index is 13.7. The summed E-state index contributed by atoms with van der Waals surface area (Å²) in [5, 5.41) is 4.71. The molecule has 3 aromatic rings. The van der Waals surface area contributed by atoms with E-state index < -0.39 is 5.97 Å². The Balaban J connectivity index is 1.89. The van der Waals surface area contributed by atoms with Gasteiger partial charge in [0.1, 0.15) is 10.5 Å². The third-order valence-corrected chi connectivity index (χ3v) is 6.11. The Morgan fingerprint density at radius 2 is 2.10 bits per heavy atom. The van der Waals surface area contributed by atoms with Crippen molar-refractivity contribution >= 4 is 39.2 Å². The summed E-state index contributed by atoms with van der Waals surface area (Å²) in [6.45, 7) is 8.01. The fourth-order valence-corrected chi connectivity index (χ4v) is 4.59. The first kappa shape index (κ1) is 21.2. The first-order valence-corrected chi connectivity index (χ1v) is 10.9. The van der Waals surface area contributed by atoms with Gasteiger partial charge in [-0.25, -0.2) is 19.8 Å². The van der Waals surface area contributed by atoms with Crippen LogP contribution in [0.3, 0.4) is 0 Å². The van der Waals surface area contributed by atoms with Crippen molar-refractivity contribution in [3.8, 4) is 5.69 Å². The minimum Gasteiger partial charge on any atom is -0.461 e. The van der Waals surface area contributed by atoms with Gasteiger partial charge in [0.2, 0.25) is 5.95 Å². The van der Waals surface area contributed by atoms with Crippen molar-refractivity contribution in [3.05, 3.63) is 51.1 Å². The van der Waals surface area contributed by atoms with Gasteiger partial charge in [-0.1, -0.05) is 18.2 Å². The monoisotopic (exact) mass is 440 g/mol. The van der Waals surface area contributed by atoms with Crippen molar-refractivity contribution in [2.24, 2.45) is 5.10 Å². The summed E-state index contributed by atoms with van der Waals surface area (Å²) in [5.41, 5.74) is 4.05. The molecule has 0 spiro atoms. The molecular weight excluding hydrogens is 416 g/mol. The number of thiophene rings is 1. The van der Waals surface area contributed by atoms with E-state index in [1.54, 1.807) is 6.92 Å². The molecule has 0 radical (unpaired) electrons. The third-order valence-electron chi connectivity index (χ3n) is 5.01. The van der Waals surface area contributed by atoms with E-state index in [9.17, 15) is 9.59 Å². The highest BCUT2D eigenvalue weighted by molar-refractivity contribution is 7.18. The van der Waals surface area contributed by atoms with Crippen LogP contribution in [-0.4, -0.2) is 33.4 Å². The summed E-state index contributed by atoms with van der Waals surface area (Å²) < 4.78 is 12.4. The molecule has 0 atom stereocenters. The number of carbonyl (C=O) groups excluding carboxylic acids is 1. The quantitative estimate of drug-likeness (QED) is 0.370. The van der Waals surface area contributed by atoms with Crippen LogP contribution in [0.1, 0.15) is 38.1 Å². The Kier molecular flexibility index (Phi) is 5.63. The van der Waals surface area contributed by atoms with Crippen molar-refractivity contribution in [2.45, 2.75) is 46.3 Å². The second-order valence-electron chi connectivity index (χ2n) is 7.85. The van der Waals surface area contributed by atoms with Crippen LogP contribution in [0.25, 0.3) is 15.9 Å². The average molecular weight is 441 g/mol. The van der Waals surface area contributed by atoms with Gasteiger partial charge in [-0.15, -0.1) is 11.3 Å². The molecule has 2 aromatic heterocycles. The van der Waals surface area contributed by atoms with Gasteiger partial charge in [-0.3, -0.25) is 4.79 Å². The molecule has 31 heavy (non-hydrogen) atoms. The lowest BCUT2D eigenvalue weighted by Crippen LogP contribution is -2.32. The smallest absolute Gasteiger partial charge is 0.354 e. The maximum Gasteiger partial charge on any atom is 0.354 e. The summed E-state index contributed by atoms with van der Waals surface area (Å²) in [6.07, 6.45) is 0.640. The molecule has 0 saturated carbocycles. The van der Waals surface area contributed by atoms with Crippen molar-refractivity contribution in [2.75, 3.05) is 12.0 Å². The van der Waals surface area contributed by atoms with E-state index in [2.05, 4.69) is 10.5 Å². The second-order valence-corrected chi connectivity index (χ2v) is 8.93. The minimum atomic E-state index is -0.532. The fourth-order valence-electron chi connectivity index (χ4n) is 3.50. The van der Waals surface area contributed by atoms with Gasteiger partial charge < -0.3 is 9.47 Å². The number of para-hydroxylation sites is 1. The SMILES string of the molecule is CCOC(=O)/C(C)=N/Nc1nc2sc3c(c2c(=O)n1-c1ccccc1)CC(C)(C)OC3. The molecule has 0 unspecified atom stereocenters. The summed E-state index contributed by atoms with van der Waals surface area (Å²) >= 11 is 1.45. The van der Waals surface area contributed by atoms with Crippen LogP contribution in [0.4, 0.5) is 5.95 Å². The number of esters is 1. The molecule has 3 heterocycles. The van der Waals surface area contributed by atoms with Crippen LogP contribution in [0.2, 0.25) is 0 Å². The number of fused-ring (bicyclic) bond motifs is 3. The number of hydrogen-bond donors (Lipinski definition) is 1. The zero-order valence-corrected chi connectivity index (χ0v) is 18.7. The van der Waals surface area contributed by atoms with Gasteiger partial charge in [0, 0.05) is 11.3 Å². The lowest BCUT2D eigenvalue weighted by molar-refractivity contribution is -0.135. The molecule has 0 bridgehead atoms. The van der Waals surface area contributed by atoms with E-state index >= 15 is 0 Å². The Morgan fingerprint density at radius 1 is 1.35 bits per heavy atom. The summed E-state index contributed by atoms with van der Waals surface area (Å²) in [7, 11) is 0. The van der Waals surface area contributed by atoms with E-state index in [0.717, 1.165) is 10.4 Å². The van der Waals surface area contributed by atoms with E-state index in [0.29, 0.717) is 28.9 Å². The van der Waals surface area contributed by atoms with Gasteiger partial charge in [0.15, 0.2) is 0 Å². The average Bonchev–Trinajstić information content (AvgIpc) is 3.09. The zero-order chi connectivity index (χ0) is 22.2. The number of aromatic nitrogens is 2. The Morgan fingerprint density at radius 3 is 2.81 bits per heavy atom. The van der Waals surface area contributed by atoms with Crippen LogP contribution in [0.5, 0.6) is 0 Å². The van der Waals surface area contributed by atoms with Crippen LogP contribution in [0, 0.1) is 0 Å². The minimum absolute atomic E-state index is 0.136. The molecule has 8 nitrogen and oxygen atoms in total. The number of nitrogens with zero attached hydrogens (tertiary/aromatic N) is 3. The molecule has 0 fully saturated rings. The molecule has 1 aromatic carbocycles. The number of hydrogen-bond acceptors (Lipinski definition) is 8. The molecule has 162 valence electrons. The molecule has 4 rings (SSSR count). The predicted octanol–water partition coefficient (Wildman–Crippen LogP) is 3.65. The maximum atomic E-state index is 13.7. The van der Waals surface area contributed by atoms with E-state index in [4.69, 9.17) is 14.5 Å². The number of nitrogens with one attached hydrogen (secondary N) is 1.